The molecule has 1 aromatic rings. The maximum absolute atomic E-state index is 12.3. The third kappa shape index (κ3) is 3.70. The van der Waals surface area contributed by atoms with E-state index in [0.29, 0.717) is 25.2 Å². The second kappa shape index (κ2) is 6.77. The van der Waals surface area contributed by atoms with E-state index in [9.17, 15) is 4.79 Å². The summed E-state index contributed by atoms with van der Waals surface area (Å²) in [6, 6.07) is 1.81. The third-order valence-corrected chi connectivity index (χ3v) is 2.89. The van der Waals surface area contributed by atoms with E-state index in [2.05, 4.69) is 10.3 Å². The van der Waals surface area contributed by atoms with E-state index in [1.54, 1.807) is 16.6 Å². The zero-order chi connectivity index (χ0) is 14.4. The van der Waals surface area contributed by atoms with E-state index in [-0.39, 0.29) is 11.7 Å². The normalized spacial score (nSPS) is 11.6. The van der Waals surface area contributed by atoms with Gasteiger partial charge >= 0.3 is 0 Å². The lowest BCUT2D eigenvalue weighted by Crippen LogP contribution is -2.32. The first-order valence-electron chi connectivity index (χ1n) is 6.32. The number of carbonyl (C=O) groups excluding carboxylic acids is 1. The Hall–Kier alpha value is -2.05. The van der Waals surface area contributed by atoms with Gasteiger partial charge in [0, 0.05) is 26.6 Å². The summed E-state index contributed by atoms with van der Waals surface area (Å²) in [6.07, 6.45) is 1.13. The summed E-state index contributed by atoms with van der Waals surface area (Å²) >= 11 is 0. The Balaban J connectivity index is 2.78. The van der Waals surface area contributed by atoms with Crippen LogP contribution in [0, 0.1) is 0 Å². The van der Waals surface area contributed by atoms with Crippen molar-refractivity contribution in [2.24, 2.45) is 10.9 Å². The Morgan fingerprint density at radius 3 is 2.79 bits per heavy atom. The Bertz CT molecular complexity index is 467. The summed E-state index contributed by atoms with van der Waals surface area (Å²) in [7, 11) is 1.69. The van der Waals surface area contributed by atoms with E-state index in [1.807, 2.05) is 19.9 Å². The number of rotatable bonds is 6. The lowest BCUT2D eigenvalue weighted by Gasteiger charge is -2.16. The van der Waals surface area contributed by atoms with Crippen molar-refractivity contribution in [2.75, 3.05) is 13.6 Å². The molecule has 0 aliphatic rings. The molecule has 1 aromatic heterocycles. The molecule has 0 aliphatic carbocycles. The number of nitrogens with zero attached hydrogens (tertiary/aromatic N) is 4. The summed E-state index contributed by atoms with van der Waals surface area (Å²) in [6.45, 7) is 4.98. The molecule has 106 valence electrons. The number of aryl methyl sites for hydroxylation is 2. The first-order chi connectivity index (χ1) is 9.03. The van der Waals surface area contributed by atoms with Gasteiger partial charge < -0.3 is 15.8 Å². The molecule has 1 amide bonds. The second-order valence-electron chi connectivity index (χ2n) is 4.26. The van der Waals surface area contributed by atoms with Crippen molar-refractivity contribution in [1.82, 2.24) is 14.7 Å². The topological polar surface area (TPSA) is 96.7 Å². The van der Waals surface area contributed by atoms with Gasteiger partial charge in [-0.3, -0.25) is 9.48 Å². The van der Waals surface area contributed by atoms with Gasteiger partial charge in [0.05, 0.1) is 5.69 Å². The van der Waals surface area contributed by atoms with Crippen LogP contribution < -0.4 is 5.73 Å². The summed E-state index contributed by atoms with van der Waals surface area (Å²) in [5, 5.41) is 15.7. The molecule has 0 bridgehead atoms. The Kier molecular flexibility index (Phi) is 5.35. The van der Waals surface area contributed by atoms with Crippen LogP contribution in [0.5, 0.6) is 0 Å². The number of oxime groups is 1. The van der Waals surface area contributed by atoms with E-state index < -0.39 is 0 Å². The van der Waals surface area contributed by atoms with Gasteiger partial charge in [0.15, 0.2) is 0 Å². The molecule has 1 rings (SSSR count). The van der Waals surface area contributed by atoms with Crippen molar-refractivity contribution in [2.45, 2.75) is 33.2 Å². The molecular weight excluding hydrogens is 246 g/mol. The van der Waals surface area contributed by atoms with Crippen LogP contribution in [0.1, 0.15) is 36.5 Å². The summed E-state index contributed by atoms with van der Waals surface area (Å²) in [5.41, 5.74) is 6.86. The monoisotopic (exact) mass is 267 g/mol. The van der Waals surface area contributed by atoms with E-state index in [4.69, 9.17) is 10.9 Å². The van der Waals surface area contributed by atoms with Gasteiger partial charge in [0.2, 0.25) is 0 Å². The molecule has 0 aromatic carbocycles. The average molecular weight is 267 g/mol. The first kappa shape index (κ1) is 15.0. The lowest BCUT2D eigenvalue weighted by molar-refractivity contribution is 0.0786. The number of hydrogen-bond donors (Lipinski definition) is 2. The van der Waals surface area contributed by atoms with Crippen LogP contribution in [0.15, 0.2) is 11.2 Å². The second-order valence-corrected chi connectivity index (χ2v) is 4.26. The number of amidine groups is 1. The number of aromatic nitrogens is 2. The average Bonchev–Trinajstić information content (AvgIpc) is 2.86. The van der Waals surface area contributed by atoms with Gasteiger partial charge in [0.25, 0.3) is 5.91 Å². The van der Waals surface area contributed by atoms with Gasteiger partial charge in [-0.25, -0.2) is 0 Å². The molecule has 0 spiro atoms. The fourth-order valence-corrected chi connectivity index (χ4v) is 1.69. The fraction of sp³-hybridized carbons (Fsp3) is 0.583. The molecule has 7 heteroatoms. The van der Waals surface area contributed by atoms with E-state index in [0.717, 1.165) is 12.1 Å². The van der Waals surface area contributed by atoms with Crippen LogP contribution in [-0.2, 0) is 13.0 Å². The Labute approximate surface area is 112 Å². The van der Waals surface area contributed by atoms with Crippen molar-refractivity contribution < 1.29 is 10.0 Å². The Morgan fingerprint density at radius 1 is 1.58 bits per heavy atom. The summed E-state index contributed by atoms with van der Waals surface area (Å²) in [5.74, 6) is -0.00214. The van der Waals surface area contributed by atoms with Crippen molar-refractivity contribution >= 4 is 11.7 Å². The number of amides is 1. The summed E-state index contributed by atoms with van der Waals surface area (Å²) in [4.78, 5) is 13.8. The molecule has 0 aliphatic heterocycles. The van der Waals surface area contributed by atoms with Crippen molar-refractivity contribution in [3.8, 4) is 0 Å². The van der Waals surface area contributed by atoms with Crippen LogP contribution in [0.25, 0.3) is 0 Å². The maximum atomic E-state index is 12.3. The molecule has 7 nitrogen and oxygen atoms in total. The third-order valence-electron chi connectivity index (χ3n) is 2.89. The molecule has 1 heterocycles. The molecule has 0 unspecified atom stereocenters. The predicted molar refractivity (Wildman–Crippen MR) is 72.3 cm³/mol. The van der Waals surface area contributed by atoms with Crippen LogP contribution in [0.3, 0.4) is 0 Å². The quantitative estimate of drug-likeness (QED) is 0.343. The highest BCUT2D eigenvalue weighted by Gasteiger charge is 2.18. The van der Waals surface area contributed by atoms with Crippen LogP contribution >= 0.6 is 0 Å². The Morgan fingerprint density at radius 2 is 2.26 bits per heavy atom. The van der Waals surface area contributed by atoms with Gasteiger partial charge in [-0.15, -0.1) is 0 Å². The highest BCUT2D eigenvalue weighted by Crippen LogP contribution is 2.08. The minimum Gasteiger partial charge on any atom is -0.409 e. The fourth-order valence-electron chi connectivity index (χ4n) is 1.69. The molecule has 0 saturated carbocycles. The van der Waals surface area contributed by atoms with Crippen molar-refractivity contribution in [3.63, 3.8) is 0 Å². The number of nitrogens with two attached hydrogens (primary N) is 1. The summed E-state index contributed by atoms with van der Waals surface area (Å²) < 4.78 is 1.70. The zero-order valence-corrected chi connectivity index (χ0v) is 11.6. The highest BCUT2D eigenvalue weighted by atomic mass is 16.4. The molecule has 0 radical (unpaired) electrons. The number of carbonyl (C=O) groups is 1. The van der Waals surface area contributed by atoms with E-state index >= 15 is 0 Å². The maximum Gasteiger partial charge on any atom is 0.271 e. The van der Waals surface area contributed by atoms with Crippen LogP contribution in [0.2, 0.25) is 0 Å². The first-order valence-corrected chi connectivity index (χ1v) is 6.32. The number of hydrogen-bond acceptors (Lipinski definition) is 4. The lowest BCUT2D eigenvalue weighted by atomic mass is 10.2. The zero-order valence-electron chi connectivity index (χ0n) is 11.6. The molecule has 3 N–H and O–H groups in total. The van der Waals surface area contributed by atoms with Gasteiger partial charge in [-0.1, -0.05) is 12.1 Å². The minimum absolute atomic E-state index is 0.109. The van der Waals surface area contributed by atoms with Gasteiger partial charge in [0.1, 0.15) is 11.5 Å². The smallest absolute Gasteiger partial charge is 0.271 e. The van der Waals surface area contributed by atoms with Gasteiger partial charge in [-0.2, -0.15) is 5.10 Å². The minimum atomic E-state index is -0.111. The van der Waals surface area contributed by atoms with Crippen LogP contribution in [0.4, 0.5) is 0 Å². The van der Waals surface area contributed by atoms with E-state index in [1.165, 1.54) is 0 Å². The molecule has 19 heavy (non-hydrogen) atoms. The van der Waals surface area contributed by atoms with Gasteiger partial charge in [-0.05, 0) is 19.4 Å². The van der Waals surface area contributed by atoms with Crippen molar-refractivity contribution in [1.29, 1.82) is 0 Å². The van der Waals surface area contributed by atoms with Crippen LogP contribution in [-0.4, -0.2) is 45.2 Å². The molecule has 0 saturated heterocycles. The standard InChI is InChI=1S/C12H21N5O2/c1-4-9-8-10(17(5-2)14-9)12(18)16(3)7-6-11(13)15-19/h8,19H,4-7H2,1-3H3,(H2,13,15). The molecule has 0 fully saturated rings. The molecule has 0 atom stereocenters. The highest BCUT2D eigenvalue weighted by molar-refractivity contribution is 5.93. The van der Waals surface area contributed by atoms with Crippen molar-refractivity contribution in [3.05, 3.63) is 17.5 Å². The predicted octanol–water partition coefficient (Wildman–Crippen LogP) is 0.674. The largest absolute Gasteiger partial charge is 0.409 e. The SMILES string of the molecule is CCc1cc(C(=O)N(C)CCC(N)=NO)n(CC)n1. The molecular formula is C12H21N5O2.